The fourth-order valence-corrected chi connectivity index (χ4v) is 1.07. The normalized spacial score (nSPS) is 11.6. The van der Waals surface area contributed by atoms with E-state index in [0.717, 1.165) is 11.3 Å². The van der Waals surface area contributed by atoms with Gasteiger partial charge < -0.3 is 10.6 Å². The van der Waals surface area contributed by atoms with Gasteiger partial charge in [0.05, 0.1) is 0 Å². The first-order valence-electron chi connectivity index (χ1n) is 4.70. The molecule has 15 heavy (non-hydrogen) atoms. The van der Waals surface area contributed by atoms with Crippen LogP contribution in [0.5, 0.6) is 0 Å². The number of anilines is 1. The Hall–Kier alpha value is -1.84. The van der Waals surface area contributed by atoms with Gasteiger partial charge >= 0.3 is 0 Å². The molecule has 0 radical (unpaired) electrons. The molecule has 2 amide bonds. The van der Waals surface area contributed by atoms with Gasteiger partial charge in [-0.3, -0.25) is 9.59 Å². The molecule has 80 valence electrons. The minimum atomic E-state index is -0.524. The van der Waals surface area contributed by atoms with Crippen LogP contribution in [0.2, 0.25) is 0 Å². The second kappa shape index (κ2) is 5.14. The third kappa shape index (κ3) is 3.42. The zero-order valence-electron chi connectivity index (χ0n) is 8.78. The van der Waals surface area contributed by atoms with Crippen molar-refractivity contribution in [1.29, 1.82) is 0 Å². The molecule has 1 aromatic rings. The largest absolute Gasteiger partial charge is 0.347 e. The van der Waals surface area contributed by atoms with Crippen LogP contribution in [-0.4, -0.2) is 18.4 Å². The number of aryl methyl sites for hydroxylation is 1. The zero-order valence-corrected chi connectivity index (χ0v) is 8.78. The summed E-state index contributed by atoms with van der Waals surface area (Å²) in [6.45, 7) is 3.60. The first-order valence-corrected chi connectivity index (χ1v) is 4.70. The van der Waals surface area contributed by atoms with Gasteiger partial charge in [-0.2, -0.15) is 0 Å². The lowest BCUT2D eigenvalue weighted by Crippen LogP contribution is -2.37. The minimum absolute atomic E-state index is 0.231. The molecule has 0 aliphatic heterocycles. The van der Waals surface area contributed by atoms with Crippen molar-refractivity contribution in [1.82, 2.24) is 5.32 Å². The van der Waals surface area contributed by atoms with Gasteiger partial charge in [-0.25, -0.2) is 0 Å². The Morgan fingerprint density at radius 3 is 2.47 bits per heavy atom. The van der Waals surface area contributed by atoms with Crippen molar-refractivity contribution in [3.8, 4) is 0 Å². The summed E-state index contributed by atoms with van der Waals surface area (Å²) in [6, 6.07) is 6.94. The van der Waals surface area contributed by atoms with Gasteiger partial charge in [-0.05, 0) is 26.0 Å². The molecule has 1 rings (SSSR count). The fraction of sp³-hybridized carbons (Fsp3) is 0.273. The topological polar surface area (TPSA) is 58.2 Å². The molecular formula is C11H14N2O2. The van der Waals surface area contributed by atoms with Crippen molar-refractivity contribution >= 4 is 18.0 Å². The van der Waals surface area contributed by atoms with Crippen LogP contribution < -0.4 is 10.6 Å². The molecule has 0 aromatic heterocycles. The van der Waals surface area contributed by atoms with E-state index >= 15 is 0 Å². The third-order valence-corrected chi connectivity index (χ3v) is 2.03. The van der Waals surface area contributed by atoms with E-state index in [4.69, 9.17) is 0 Å². The first-order chi connectivity index (χ1) is 7.13. The number of hydrogen-bond donors (Lipinski definition) is 2. The molecule has 0 spiro atoms. The van der Waals surface area contributed by atoms with Crippen LogP contribution in [0.3, 0.4) is 0 Å². The maximum absolute atomic E-state index is 11.5. The molecule has 0 aliphatic carbocycles. The van der Waals surface area contributed by atoms with Crippen molar-refractivity contribution < 1.29 is 9.59 Å². The molecule has 0 saturated heterocycles. The lowest BCUT2D eigenvalue weighted by atomic mass is 10.2. The van der Waals surface area contributed by atoms with Crippen LogP contribution >= 0.6 is 0 Å². The van der Waals surface area contributed by atoms with E-state index in [9.17, 15) is 9.59 Å². The summed E-state index contributed by atoms with van der Waals surface area (Å²) < 4.78 is 0. The molecule has 2 N–H and O–H groups in total. The number of nitrogens with one attached hydrogen (secondary N) is 2. The second-order valence-electron chi connectivity index (χ2n) is 3.36. The average molecular weight is 206 g/mol. The van der Waals surface area contributed by atoms with E-state index in [1.54, 1.807) is 6.92 Å². The Labute approximate surface area is 88.7 Å². The molecule has 0 heterocycles. The Balaban J connectivity index is 2.58. The predicted molar refractivity (Wildman–Crippen MR) is 58.5 cm³/mol. The van der Waals surface area contributed by atoms with Crippen LogP contribution in [0.15, 0.2) is 24.3 Å². The molecule has 1 atom stereocenters. The van der Waals surface area contributed by atoms with Gasteiger partial charge in [-0.15, -0.1) is 0 Å². The summed E-state index contributed by atoms with van der Waals surface area (Å²) in [6.07, 6.45) is 0.513. The number of benzene rings is 1. The van der Waals surface area contributed by atoms with E-state index in [-0.39, 0.29) is 5.91 Å². The Bertz CT molecular complexity index is 346. The molecule has 0 aliphatic rings. The third-order valence-electron chi connectivity index (χ3n) is 2.03. The standard InChI is InChI=1S/C11H14N2O2/c1-8-3-5-10(6-4-8)13-11(15)9(2)12-7-14/h3-7,9H,1-2H3,(H,12,14)(H,13,15). The van der Waals surface area contributed by atoms with Crippen LogP contribution in [0.25, 0.3) is 0 Å². The highest BCUT2D eigenvalue weighted by molar-refractivity contribution is 5.95. The summed E-state index contributed by atoms with van der Waals surface area (Å²) >= 11 is 0. The molecule has 0 saturated carbocycles. The first kappa shape index (κ1) is 11.2. The molecule has 1 unspecified atom stereocenters. The highest BCUT2D eigenvalue weighted by Crippen LogP contribution is 2.08. The van der Waals surface area contributed by atoms with Crippen molar-refractivity contribution in [3.63, 3.8) is 0 Å². The molecule has 1 aromatic carbocycles. The minimum Gasteiger partial charge on any atom is -0.347 e. The van der Waals surface area contributed by atoms with Gasteiger partial charge in [0.1, 0.15) is 6.04 Å². The quantitative estimate of drug-likeness (QED) is 0.724. The van der Waals surface area contributed by atoms with Crippen LogP contribution in [0.4, 0.5) is 5.69 Å². The molecule has 0 bridgehead atoms. The number of carbonyl (C=O) groups excluding carboxylic acids is 2. The van der Waals surface area contributed by atoms with Gasteiger partial charge in [0.25, 0.3) is 0 Å². The Kier molecular flexibility index (Phi) is 3.85. The van der Waals surface area contributed by atoms with Crippen molar-refractivity contribution in [2.75, 3.05) is 5.32 Å². The zero-order chi connectivity index (χ0) is 11.3. The summed E-state index contributed by atoms with van der Waals surface area (Å²) in [5, 5.41) is 5.08. The highest BCUT2D eigenvalue weighted by atomic mass is 16.2. The number of rotatable bonds is 4. The lowest BCUT2D eigenvalue weighted by molar-refractivity contribution is -0.120. The smallest absolute Gasteiger partial charge is 0.246 e. The van der Waals surface area contributed by atoms with Gasteiger partial charge in [-0.1, -0.05) is 17.7 Å². The SMILES string of the molecule is Cc1ccc(NC(=O)C(C)NC=O)cc1. The summed E-state index contributed by atoms with van der Waals surface area (Å²) in [5.41, 5.74) is 1.86. The molecule has 4 nitrogen and oxygen atoms in total. The number of hydrogen-bond acceptors (Lipinski definition) is 2. The van der Waals surface area contributed by atoms with E-state index in [0.29, 0.717) is 6.41 Å². The van der Waals surface area contributed by atoms with Crippen LogP contribution in [-0.2, 0) is 9.59 Å². The average Bonchev–Trinajstić information content (AvgIpc) is 2.22. The monoisotopic (exact) mass is 206 g/mol. The summed E-state index contributed by atoms with van der Waals surface area (Å²) in [7, 11) is 0. The van der Waals surface area contributed by atoms with Crippen molar-refractivity contribution in [3.05, 3.63) is 29.8 Å². The second-order valence-corrected chi connectivity index (χ2v) is 3.36. The highest BCUT2D eigenvalue weighted by Gasteiger charge is 2.10. The maximum Gasteiger partial charge on any atom is 0.246 e. The van der Waals surface area contributed by atoms with Crippen molar-refractivity contribution in [2.24, 2.45) is 0 Å². The van der Waals surface area contributed by atoms with Gasteiger partial charge in [0, 0.05) is 5.69 Å². The van der Waals surface area contributed by atoms with E-state index in [1.165, 1.54) is 0 Å². The van der Waals surface area contributed by atoms with Gasteiger partial charge in [0.2, 0.25) is 12.3 Å². The van der Waals surface area contributed by atoms with Crippen LogP contribution in [0, 0.1) is 6.92 Å². The number of amides is 2. The Morgan fingerprint density at radius 2 is 1.93 bits per heavy atom. The van der Waals surface area contributed by atoms with E-state index in [1.807, 2.05) is 31.2 Å². The van der Waals surface area contributed by atoms with Crippen LogP contribution in [0.1, 0.15) is 12.5 Å². The van der Waals surface area contributed by atoms with Gasteiger partial charge in [0.15, 0.2) is 0 Å². The van der Waals surface area contributed by atoms with E-state index in [2.05, 4.69) is 10.6 Å². The molecular weight excluding hydrogens is 192 g/mol. The van der Waals surface area contributed by atoms with E-state index < -0.39 is 6.04 Å². The summed E-state index contributed by atoms with van der Waals surface area (Å²) in [4.78, 5) is 21.6. The van der Waals surface area contributed by atoms with Crippen molar-refractivity contribution in [2.45, 2.75) is 19.9 Å². The predicted octanol–water partition coefficient (Wildman–Crippen LogP) is 1.07. The maximum atomic E-state index is 11.5. The Morgan fingerprint density at radius 1 is 1.33 bits per heavy atom. The number of carbonyl (C=O) groups is 2. The fourth-order valence-electron chi connectivity index (χ4n) is 1.07. The lowest BCUT2D eigenvalue weighted by Gasteiger charge is -2.10. The summed E-state index contributed by atoms with van der Waals surface area (Å²) in [5.74, 6) is -0.231. The molecule has 0 fully saturated rings. The molecule has 4 heteroatoms.